The first-order valence-electron chi connectivity index (χ1n) is 3.80. The van der Waals surface area contributed by atoms with Gasteiger partial charge in [-0.1, -0.05) is 0 Å². The van der Waals surface area contributed by atoms with Crippen LogP contribution in [0.25, 0.3) is 0 Å². The molecule has 0 aromatic carbocycles. The van der Waals surface area contributed by atoms with Crippen LogP contribution in [0.15, 0.2) is 35.6 Å². The summed E-state index contributed by atoms with van der Waals surface area (Å²) in [4.78, 5) is 0. The Labute approximate surface area is 64.9 Å². The smallest absolute Gasteiger partial charge is 0.133 e. The van der Waals surface area contributed by atoms with Crippen LogP contribution in [-0.2, 0) is 4.74 Å². The second-order valence-electron chi connectivity index (χ2n) is 2.71. The highest BCUT2D eigenvalue weighted by Gasteiger charge is 2.17. The Bertz CT molecular complexity index is 261. The van der Waals surface area contributed by atoms with Gasteiger partial charge in [0.1, 0.15) is 11.6 Å². The van der Waals surface area contributed by atoms with Crippen LogP contribution in [0.5, 0.6) is 0 Å². The van der Waals surface area contributed by atoms with E-state index in [1.54, 1.807) is 0 Å². The Morgan fingerprint density at radius 3 is 3.18 bits per heavy atom. The van der Waals surface area contributed by atoms with E-state index in [4.69, 9.17) is 4.74 Å². The molecular formula is C9H9FO. The first-order valence-corrected chi connectivity index (χ1v) is 3.80. The summed E-state index contributed by atoms with van der Waals surface area (Å²) in [5.41, 5.74) is 0.735. The van der Waals surface area contributed by atoms with Crippen molar-refractivity contribution in [3.05, 3.63) is 35.6 Å². The largest absolute Gasteiger partial charge is 0.465 e. The van der Waals surface area contributed by atoms with Crippen LogP contribution in [0.4, 0.5) is 4.39 Å². The lowest BCUT2D eigenvalue weighted by atomic mass is 9.98. The van der Waals surface area contributed by atoms with Crippen molar-refractivity contribution in [3.63, 3.8) is 0 Å². The van der Waals surface area contributed by atoms with Crippen molar-refractivity contribution >= 4 is 0 Å². The second-order valence-corrected chi connectivity index (χ2v) is 2.71. The number of halogens is 1. The Hall–Kier alpha value is -1.05. The summed E-state index contributed by atoms with van der Waals surface area (Å²) in [5.74, 6) is 0.582. The molecule has 1 aliphatic carbocycles. The molecule has 58 valence electrons. The average molecular weight is 152 g/mol. The lowest BCUT2D eigenvalue weighted by Gasteiger charge is -2.18. The van der Waals surface area contributed by atoms with Crippen molar-refractivity contribution in [1.29, 1.82) is 0 Å². The van der Waals surface area contributed by atoms with Crippen molar-refractivity contribution < 1.29 is 9.13 Å². The molecule has 0 amide bonds. The van der Waals surface area contributed by atoms with Crippen LogP contribution in [0.1, 0.15) is 19.3 Å². The quantitative estimate of drug-likeness (QED) is 0.518. The van der Waals surface area contributed by atoms with E-state index in [1.165, 1.54) is 12.3 Å². The highest BCUT2D eigenvalue weighted by atomic mass is 19.1. The average Bonchev–Trinajstić information content (AvgIpc) is 2.06. The van der Waals surface area contributed by atoms with Gasteiger partial charge in [-0.05, 0) is 25.3 Å². The van der Waals surface area contributed by atoms with Gasteiger partial charge in [-0.3, -0.25) is 0 Å². The minimum atomic E-state index is -0.137. The van der Waals surface area contributed by atoms with E-state index in [9.17, 15) is 4.39 Å². The first kappa shape index (κ1) is 6.65. The van der Waals surface area contributed by atoms with Crippen molar-refractivity contribution in [2.75, 3.05) is 0 Å². The molecule has 1 heterocycles. The molecular weight excluding hydrogens is 143 g/mol. The molecule has 2 aliphatic rings. The van der Waals surface area contributed by atoms with E-state index in [0.717, 1.165) is 30.6 Å². The SMILES string of the molecule is FC1=C2CCCC=C2OC=C1. The Morgan fingerprint density at radius 1 is 1.45 bits per heavy atom. The van der Waals surface area contributed by atoms with E-state index in [1.807, 2.05) is 6.08 Å². The van der Waals surface area contributed by atoms with Crippen molar-refractivity contribution in [2.45, 2.75) is 19.3 Å². The standard InChI is InChI=1S/C9H9FO/c10-8-5-6-11-9-4-2-1-3-7(8)9/h4-6H,1-3H2. The van der Waals surface area contributed by atoms with Crippen LogP contribution in [0, 0.1) is 0 Å². The van der Waals surface area contributed by atoms with Gasteiger partial charge in [-0.25, -0.2) is 4.39 Å². The molecule has 0 fully saturated rings. The minimum Gasteiger partial charge on any atom is -0.465 e. The van der Waals surface area contributed by atoms with E-state index in [0.29, 0.717) is 0 Å². The van der Waals surface area contributed by atoms with E-state index in [2.05, 4.69) is 0 Å². The fraction of sp³-hybridized carbons (Fsp3) is 0.333. The van der Waals surface area contributed by atoms with Gasteiger partial charge in [0.2, 0.25) is 0 Å². The van der Waals surface area contributed by atoms with Gasteiger partial charge >= 0.3 is 0 Å². The maximum atomic E-state index is 13.0. The molecule has 2 rings (SSSR count). The second kappa shape index (κ2) is 2.53. The van der Waals surface area contributed by atoms with Gasteiger partial charge in [0.05, 0.1) is 6.26 Å². The molecule has 0 saturated heterocycles. The monoisotopic (exact) mass is 152 g/mol. The molecule has 0 aromatic rings. The number of hydrogen-bond acceptors (Lipinski definition) is 1. The van der Waals surface area contributed by atoms with Crippen LogP contribution in [0.2, 0.25) is 0 Å². The van der Waals surface area contributed by atoms with Gasteiger partial charge in [-0.15, -0.1) is 0 Å². The maximum absolute atomic E-state index is 13.0. The highest BCUT2D eigenvalue weighted by molar-refractivity contribution is 5.37. The molecule has 2 heteroatoms. The molecule has 0 saturated carbocycles. The lowest BCUT2D eigenvalue weighted by Crippen LogP contribution is -2.02. The summed E-state index contributed by atoms with van der Waals surface area (Å²) >= 11 is 0. The molecule has 0 N–H and O–H groups in total. The fourth-order valence-electron chi connectivity index (χ4n) is 1.38. The van der Waals surface area contributed by atoms with E-state index < -0.39 is 0 Å². The predicted octanol–water partition coefficient (Wildman–Crippen LogP) is 2.82. The number of rotatable bonds is 0. The van der Waals surface area contributed by atoms with E-state index in [-0.39, 0.29) is 5.83 Å². The number of fused-ring (bicyclic) bond motifs is 1. The molecule has 11 heavy (non-hydrogen) atoms. The van der Waals surface area contributed by atoms with Crippen molar-refractivity contribution in [3.8, 4) is 0 Å². The van der Waals surface area contributed by atoms with E-state index >= 15 is 0 Å². The number of allylic oxidation sites excluding steroid dienone is 4. The normalized spacial score (nSPS) is 22.5. The topological polar surface area (TPSA) is 9.23 Å². The van der Waals surface area contributed by atoms with Crippen molar-refractivity contribution in [1.82, 2.24) is 0 Å². The minimum absolute atomic E-state index is 0.137. The lowest BCUT2D eigenvalue weighted by molar-refractivity contribution is 0.336. The molecule has 0 aromatic heterocycles. The zero-order valence-electron chi connectivity index (χ0n) is 6.14. The van der Waals surface area contributed by atoms with Crippen LogP contribution < -0.4 is 0 Å². The fourth-order valence-corrected chi connectivity index (χ4v) is 1.38. The summed E-state index contributed by atoms with van der Waals surface area (Å²) < 4.78 is 18.1. The summed E-state index contributed by atoms with van der Waals surface area (Å²) in [5, 5.41) is 0. The molecule has 0 spiro atoms. The molecule has 0 radical (unpaired) electrons. The summed E-state index contributed by atoms with van der Waals surface area (Å²) in [7, 11) is 0. The number of ether oxygens (including phenoxy) is 1. The third-order valence-corrected chi connectivity index (χ3v) is 1.96. The van der Waals surface area contributed by atoms with Crippen LogP contribution in [-0.4, -0.2) is 0 Å². The van der Waals surface area contributed by atoms with Gasteiger partial charge in [0.25, 0.3) is 0 Å². The van der Waals surface area contributed by atoms with Gasteiger partial charge < -0.3 is 4.74 Å². The Kier molecular flexibility index (Phi) is 1.53. The third kappa shape index (κ3) is 1.09. The van der Waals surface area contributed by atoms with Crippen LogP contribution >= 0.6 is 0 Å². The molecule has 0 unspecified atom stereocenters. The summed E-state index contributed by atoms with van der Waals surface area (Å²) in [6, 6.07) is 0. The summed E-state index contributed by atoms with van der Waals surface area (Å²) in [6.45, 7) is 0. The van der Waals surface area contributed by atoms with Gasteiger partial charge in [-0.2, -0.15) is 0 Å². The zero-order valence-corrected chi connectivity index (χ0v) is 6.14. The predicted molar refractivity (Wildman–Crippen MR) is 40.3 cm³/mol. The molecule has 1 aliphatic heterocycles. The maximum Gasteiger partial charge on any atom is 0.133 e. The van der Waals surface area contributed by atoms with Gasteiger partial charge in [0, 0.05) is 11.6 Å². The Balaban J connectivity index is 2.41. The van der Waals surface area contributed by atoms with Crippen LogP contribution in [0.3, 0.4) is 0 Å². The van der Waals surface area contributed by atoms with Crippen molar-refractivity contribution in [2.24, 2.45) is 0 Å². The third-order valence-electron chi connectivity index (χ3n) is 1.96. The molecule has 1 nitrogen and oxygen atoms in total. The number of hydrogen-bond donors (Lipinski definition) is 0. The first-order chi connectivity index (χ1) is 5.38. The highest BCUT2D eigenvalue weighted by Crippen LogP contribution is 2.31. The molecule has 0 bridgehead atoms. The molecule has 0 atom stereocenters. The van der Waals surface area contributed by atoms with Gasteiger partial charge in [0.15, 0.2) is 0 Å². The zero-order chi connectivity index (χ0) is 7.68. The summed E-state index contributed by atoms with van der Waals surface area (Å²) in [6.07, 6.45) is 7.56. The Morgan fingerprint density at radius 2 is 2.36 bits per heavy atom.